The van der Waals surface area contributed by atoms with E-state index in [2.05, 4.69) is 5.32 Å². The number of carbonyl (C=O) groups is 3. The summed E-state index contributed by atoms with van der Waals surface area (Å²) in [7, 11) is 0. The van der Waals surface area contributed by atoms with Crippen LogP contribution in [0, 0.1) is 6.92 Å². The van der Waals surface area contributed by atoms with E-state index in [1.807, 2.05) is 6.92 Å². The van der Waals surface area contributed by atoms with Gasteiger partial charge in [0, 0.05) is 15.6 Å². The molecule has 0 saturated carbocycles. The number of rotatable bonds is 7. The Morgan fingerprint density at radius 1 is 1.19 bits per heavy atom. The summed E-state index contributed by atoms with van der Waals surface area (Å²) < 4.78 is 5.31. The van der Waals surface area contributed by atoms with Crippen LogP contribution in [0.1, 0.15) is 29.8 Å². The molecule has 2 rings (SSSR count). The van der Waals surface area contributed by atoms with Crippen LogP contribution < -0.4 is 5.32 Å². The number of Topliss-reactive ketones (excluding diaryl/α,β-unsaturated/α-hetero) is 1. The number of aryl methyl sites for hydroxylation is 1. The van der Waals surface area contributed by atoms with Gasteiger partial charge in [0.1, 0.15) is 5.78 Å². The van der Waals surface area contributed by atoms with E-state index in [9.17, 15) is 14.4 Å². The summed E-state index contributed by atoms with van der Waals surface area (Å²) >= 11 is 7.21. The zero-order chi connectivity index (χ0) is 20.0. The van der Waals surface area contributed by atoms with Crippen molar-refractivity contribution in [1.29, 1.82) is 0 Å². The number of benzene rings is 2. The number of ether oxygens (including phenoxy) is 1. The lowest BCUT2D eigenvalue weighted by Gasteiger charge is -2.16. The molecule has 0 aliphatic rings. The van der Waals surface area contributed by atoms with Crippen molar-refractivity contribution >= 4 is 46.7 Å². The number of thioether (sulfide) groups is 1. The molecule has 0 radical (unpaired) electrons. The summed E-state index contributed by atoms with van der Waals surface area (Å²) in [5.74, 6) is -0.809. The normalized spacial score (nSPS) is 11.6. The molecule has 0 saturated heterocycles. The first-order chi connectivity index (χ1) is 12.8. The quantitative estimate of drug-likeness (QED) is 0.541. The van der Waals surface area contributed by atoms with Gasteiger partial charge < -0.3 is 10.1 Å². The molecule has 5 nitrogen and oxygen atoms in total. The highest BCUT2D eigenvalue weighted by atomic mass is 35.5. The molecule has 0 unspecified atom stereocenters. The molecule has 2 aromatic carbocycles. The molecule has 1 atom stereocenters. The van der Waals surface area contributed by atoms with Crippen LogP contribution in [0.5, 0.6) is 0 Å². The maximum atomic E-state index is 12.5. The van der Waals surface area contributed by atoms with Crippen LogP contribution in [0.3, 0.4) is 0 Å². The lowest BCUT2D eigenvalue weighted by molar-refractivity contribution is -0.123. The largest absolute Gasteiger partial charge is 0.449 e. The zero-order valence-electron chi connectivity index (χ0n) is 15.2. The minimum atomic E-state index is -0.998. The Morgan fingerprint density at radius 2 is 1.89 bits per heavy atom. The third kappa shape index (κ3) is 6.12. The van der Waals surface area contributed by atoms with Gasteiger partial charge in [0.25, 0.3) is 5.91 Å². The first-order valence-corrected chi connectivity index (χ1v) is 9.63. The van der Waals surface area contributed by atoms with Gasteiger partial charge >= 0.3 is 5.97 Å². The molecule has 0 bridgehead atoms. The second-order valence-electron chi connectivity index (χ2n) is 5.98. The van der Waals surface area contributed by atoms with Gasteiger partial charge in [-0.25, -0.2) is 4.79 Å². The molecule has 0 aliphatic carbocycles. The molecule has 7 heteroatoms. The summed E-state index contributed by atoms with van der Waals surface area (Å²) in [6.45, 7) is 4.82. The van der Waals surface area contributed by atoms with Crippen molar-refractivity contribution in [3.05, 3.63) is 58.6 Å². The SMILES string of the molecule is CC(=O)CSc1ccccc1C(=O)O[C@@H](C)C(=O)Nc1cc(Cl)ccc1C. The minimum absolute atomic E-state index is 0.00723. The van der Waals surface area contributed by atoms with Gasteiger partial charge in [0.2, 0.25) is 0 Å². The fourth-order valence-electron chi connectivity index (χ4n) is 2.18. The van der Waals surface area contributed by atoms with Crippen LogP contribution in [-0.4, -0.2) is 29.5 Å². The second-order valence-corrected chi connectivity index (χ2v) is 7.44. The van der Waals surface area contributed by atoms with E-state index < -0.39 is 18.0 Å². The highest BCUT2D eigenvalue weighted by Crippen LogP contribution is 2.24. The maximum Gasteiger partial charge on any atom is 0.340 e. The Labute approximate surface area is 167 Å². The molecule has 1 amide bonds. The van der Waals surface area contributed by atoms with Crippen LogP contribution >= 0.6 is 23.4 Å². The van der Waals surface area contributed by atoms with E-state index in [0.29, 0.717) is 21.2 Å². The lowest BCUT2D eigenvalue weighted by Crippen LogP contribution is -2.30. The first-order valence-electron chi connectivity index (χ1n) is 8.27. The second kappa shape index (κ2) is 9.58. The van der Waals surface area contributed by atoms with E-state index in [4.69, 9.17) is 16.3 Å². The highest BCUT2D eigenvalue weighted by Gasteiger charge is 2.21. The van der Waals surface area contributed by atoms with Crippen molar-refractivity contribution in [2.75, 3.05) is 11.1 Å². The Bertz CT molecular complexity index is 869. The lowest BCUT2D eigenvalue weighted by atomic mass is 10.2. The third-order valence-corrected chi connectivity index (χ3v) is 5.10. The van der Waals surface area contributed by atoms with Gasteiger partial charge in [-0.2, -0.15) is 0 Å². The highest BCUT2D eigenvalue weighted by molar-refractivity contribution is 8.00. The summed E-state index contributed by atoms with van der Waals surface area (Å²) in [5, 5.41) is 3.21. The number of hydrogen-bond donors (Lipinski definition) is 1. The number of halogens is 1. The molecule has 27 heavy (non-hydrogen) atoms. The molecule has 2 aromatic rings. The van der Waals surface area contributed by atoms with Crippen LogP contribution in [0.2, 0.25) is 5.02 Å². The zero-order valence-corrected chi connectivity index (χ0v) is 16.8. The van der Waals surface area contributed by atoms with Crippen LogP contribution in [0.25, 0.3) is 0 Å². The Hall–Kier alpha value is -2.31. The third-order valence-electron chi connectivity index (χ3n) is 3.65. The Morgan fingerprint density at radius 3 is 2.59 bits per heavy atom. The number of anilines is 1. The summed E-state index contributed by atoms with van der Waals surface area (Å²) in [6.07, 6.45) is -0.998. The average molecular weight is 406 g/mol. The van der Waals surface area contributed by atoms with E-state index in [0.717, 1.165) is 5.56 Å². The van der Waals surface area contributed by atoms with Crippen molar-refractivity contribution in [1.82, 2.24) is 0 Å². The molecule has 0 spiro atoms. The fraction of sp³-hybridized carbons (Fsp3) is 0.250. The summed E-state index contributed by atoms with van der Waals surface area (Å²) in [5.41, 5.74) is 1.73. The standard InChI is InChI=1S/C20H20ClNO4S/c1-12-8-9-15(21)10-17(12)22-19(24)14(3)26-20(25)16-6-4-5-7-18(16)27-11-13(2)23/h4-10,14H,11H2,1-3H3,(H,22,24)/t14-/m0/s1. The molecule has 0 fully saturated rings. The number of ketones is 1. The predicted octanol–water partition coefficient (Wildman–Crippen LogP) is 4.51. The molecule has 142 valence electrons. The van der Waals surface area contributed by atoms with E-state index in [1.54, 1.807) is 42.5 Å². The Kier molecular flexibility index (Phi) is 7.45. The molecule has 0 aromatic heterocycles. The molecule has 1 N–H and O–H groups in total. The van der Waals surface area contributed by atoms with Gasteiger partial charge in [-0.3, -0.25) is 9.59 Å². The molecule has 0 heterocycles. The maximum absolute atomic E-state index is 12.5. The van der Waals surface area contributed by atoms with Crippen LogP contribution in [-0.2, 0) is 14.3 Å². The molecule has 0 aliphatic heterocycles. The van der Waals surface area contributed by atoms with Crippen molar-refractivity contribution in [2.24, 2.45) is 0 Å². The van der Waals surface area contributed by atoms with Gasteiger partial charge in [0.05, 0.1) is 11.3 Å². The summed E-state index contributed by atoms with van der Waals surface area (Å²) in [6, 6.07) is 12.0. The van der Waals surface area contributed by atoms with E-state index in [1.165, 1.54) is 25.6 Å². The number of hydrogen-bond acceptors (Lipinski definition) is 5. The van der Waals surface area contributed by atoms with E-state index >= 15 is 0 Å². The van der Waals surface area contributed by atoms with Crippen LogP contribution in [0.4, 0.5) is 5.69 Å². The minimum Gasteiger partial charge on any atom is -0.449 e. The fourth-order valence-corrected chi connectivity index (χ4v) is 3.19. The molecular weight excluding hydrogens is 386 g/mol. The molecular formula is C20H20ClNO4S. The Balaban J connectivity index is 2.05. The number of amides is 1. The van der Waals surface area contributed by atoms with Gasteiger partial charge in [-0.05, 0) is 50.6 Å². The first kappa shape index (κ1) is 21.0. The predicted molar refractivity (Wildman–Crippen MR) is 108 cm³/mol. The van der Waals surface area contributed by atoms with Crippen molar-refractivity contribution in [2.45, 2.75) is 31.8 Å². The van der Waals surface area contributed by atoms with Gasteiger partial charge in [-0.15, -0.1) is 11.8 Å². The van der Waals surface area contributed by atoms with Gasteiger partial charge in [0.15, 0.2) is 6.10 Å². The number of nitrogens with one attached hydrogen (secondary N) is 1. The van der Waals surface area contributed by atoms with Crippen LogP contribution in [0.15, 0.2) is 47.4 Å². The smallest absolute Gasteiger partial charge is 0.340 e. The van der Waals surface area contributed by atoms with Crippen molar-refractivity contribution < 1.29 is 19.1 Å². The summed E-state index contributed by atoms with van der Waals surface area (Å²) in [4.78, 5) is 36.7. The monoisotopic (exact) mass is 405 g/mol. The topological polar surface area (TPSA) is 72.5 Å². The number of carbonyl (C=O) groups excluding carboxylic acids is 3. The average Bonchev–Trinajstić information content (AvgIpc) is 2.63. The van der Waals surface area contributed by atoms with Gasteiger partial charge in [-0.1, -0.05) is 29.8 Å². The van der Waals surface area contributed by atoms with Crippen molar-refractivity contribution in [3.63, 3.8) is 0 Å². The van der Waals surface area contributed by atoms with Crippen molar-refractivity contribution in [3.8, 4) is 0 Å². The van der Waals surface area contributed by atoms with E-state index in [-0.39, 0.29) is 11.5 Å². The number of esters is 1.